The number of imidazole rings is 2. The van der Waals surface area contributed by atoms with Crippen LogP contribution in [0.25, 0.3) is 22.5 Å². The molecule has 0 aliphatic carbocycles. The Morgan fingerprint density at radius 2 is 1.72 bits per heavy atom. The van der Waals surface area contributed by atoms with Crippen LogP contribution in [-0.2, 0) is 6.18 Å². The van der Waals surface area contributed by atoms with Crippen molar-refractivity contribution in [3.63, 3.8) is 0 Å². The van der Waals surface area contributed by atoms with Gasteiger partial charge >= 0.3 is 6.18 Å². The zero-order valence-corrected chi connectivity index (χ0v) is 30.4. The van der Waals surface area contributed by atoms with Gasteiger partial charge in [-0.3, -0.25) is 9.36 Å². The Kier molecular flexibility index (Phi) is 11.1. The second-order valence-corrected chi connectivity index (χ2v) is 12.7. The van der Waals surface area contributed by atoms with E-state index in [1.165, 1.54) is 47.4 Å². The number of alkyl halides is 3. The van der Waals surface area contributed by atoms with Gasteiger partial charge in [0.2, 0.25) is 5.95 Å². The summed E-state index contributed by atoms with van der Waals surface area (Å²) in [6.07, 6.45) is 1.80. The van der Waals surface area contributed by atoms with E-state index in [0.717, 1.165) is 61.7 Å². The highest BCUT2D eigenvalue weighted by atomic mass is 19.4. The van der Waals surface area contributed by atoms with Crippen LogP contribution in [0.15, 0.2) is 85.5 Å². The van der Waals surface area contributed by atoms with Crippen LogP contribution in [0.1, 0.15) is 54.0 Å². The number of anilines is 4. The molecule has 0 radical (unpaired) electrons. The molecule has 0 bridgehead atoms. The molecule has 0 saturated carbocycles. The Morgan fingerprint density at radius 1 is 0.925 bits per heavy atom. The summed E-state index contributed by atoms with van der Waals surface area (Å²) in [5, 5.41) is 6.86. The Bertz CT molecular complexity index is 2210. The molecule has 0 aliphatic rings. The zero-order chi connectivity index (χ0) is 37.7. The average molecular weight is 725 g/mol. The minimum atomic E-state index is -4.70. The number of hydrogen-bond acceptors (Lipinski definition) is 8. The van der Waals surface area contributed by atoms with Crippen LogP contribution >= 0.6 is 0 Å². The highest BCUT2D eigenvalue weighted by Crippen LogP contribution is 2.36. The molecule has 6 aromatic rings. The predicted molar refractivity (Wildman–Crippen MR) is 203 cm³/mol. The van der Waals surface area contributed by atoms with Crippen molar-refractivity contribution in [2.75, 3.05) is 48.8 Å². The number of halogens is 3. The first kappa shape index (κ1) is 37.0. The number of rotatable bonds is 14. The number of fused-ring (bicyclic) bond motifs is 1. The van der Waals surface area contributed by atoms with Crippen LogP contribution < -0.4 is 15.5 Å². The average Bonchev–Trinajstić information content (AvgIpc) is 3.75. The summed E-state index contributed by atoms with van der Waals surface area (Å²) in [6, 6.07) is 18.5. The molecule has 3 aromatic carbocycles. The number of nitrogens with one attached hydrogen (secondary N) is 2. The number of benzene rings is 3. The number of hydrogen-bond donors (Lipinski definition) is 2. The lowest BCUT2D eigenvalue weighted by molar-refractivity contribution is -0.137. The van der Waals surface area contributed by atoms with Gasteiger partial charge in [0.25, 0.3) is 5.91 Å². The number of unbranched alkanes of at least 4 members (excludes halogenated alkanes) is 1. The summed E-state index contributed by atoms with van der Waals surface area (Å²) in [5.74, 6) is 1.60. The van der Waals surface area contributed by atoms with E-state index in [0.29, 0.717) is 34.8 Å². The summed E-state index contributed by atoms with van der Waals surface area (Å²) >= 11 is 0. The zero-order valence-electron chi connectivity index (χ0n) is 30.4. The fraction of sp³-hybridized carbons (Fsp3) is 0.308. The third kappa shape index (κ3) is 8.17. The van der Waals surface area contributed by atoms with Crippen molar-refractivity contribution < 1.29 is 18.0 Å². The van der Waals surface area contributed by atoms with E-state index in [1.807, 2.05) is 47.9 Å². The number of para-hydroxylation sites is 2. The molecule has 3 aromatic heterocycles. The lowest BCUT2D eigenvalue weighted by Gasteiger charge is -2.21. The molecular formula is C39H43F3N10O. The highest BCUT2D eigenvalue weighted by Gasteiger charge is 2.35. The topological polar surface area (TPSA) is 109 Å². The quantitative estimate of drug-likeness (QED) is 0.108. The smallest absolute Gasteiger partial charge is 0.370 e. The van der Waals surface area contributed by atoms with Gasteiger partial charge in [0.1, 0.15) is 23.8 Å². The monoisotopic (exact) mass is 724 g/mol. The fourth-order valence-corrected chi connectivity index (χ4v) is 6.25. The standard InChI is InChI=1S/C39H43F3N10O/c1-6-50(7-2)20-11-10-18-44-35-24-36(46-25-45-35)52-34-13-9-8-12-31(34)47-38(52)48-32-23-29(16-14-26(32)3)49(5)37(53)28-15-17-33(30(22-28)39(40,41)42)51-21-19-43-27(51)4/h8-9,12-17,19,21-25H,6-7,10-11,18,20H2,1-5H3,(H,47,48)(H,44,45,46). The maximum Gasteiger partial charge on any atom is 0.418 e. The number of carbonyl (C=O) groups is 1. The molecule has 53 heavy (non-hydrogen) atoms. The third-order valence-corrected chi connectivity index (χ3v) is 9.34. The van der Waals surface area contributed by atoms with Crippen LogP contribution in [0.2, 0.25) is 0 Å². The van der Waals surface area contributed by atoms with Gasteiger partial charge in [-0.2, -0.15) is 13.2 Å². The molecule has 11 nitrogen and oxygen atoms in total. The molecule has 14 heteroatoms. The lowest BCUT2D eigenvalue weighted by Crippen LogP contribution is -2.27. The molecule has 0 saturated heterocycles. The molecule has 0 aliphatic heterocycles. The number of aryl methyl sites for hydroxylation is 2. The minimum absolute atomic E-state index is 0.102. The van der Waals surface area contributed by atoms with Gasteiger partial charge in [0, 0.05) is 49.0 Å². The highest BCUT2D eigenvalue weighted by molar-refractivity contribution is 6.06. The van der Waals surface area contributed by atoms with E-state index in [4.69, 9.17) is 4.98 Å². The predicted octanol–water partition coefficient (Wildman–Crippen LogP) is 8.19. The second kappa shape index (κ2) is 15.9. The molecule has 3 heterocycles. The maximum absolute atomic E-state index is 14.2. The second-order valence-electron chi connectivity index (χ2n) is 12.7. The van der Waals surface area contributed by atoms with Gasteiger partial charge in [-0.05, 0) is 94.4 Å². The number of aromatic nitrogens is 6. The molecule has 6 rings (SSSR count). The lowest BCUT2D eigenvalue weighted by atomic mass is 10.1. The van der Waals surface area contributed by atoms with Crippen molar-refractivity contribution in [2.45, 2.75) is 46.7 Å². The largest absolute Gasteiger partial charge is 0.418 e. The summed E-state index contributed by atoms with van der Waals surface area (Å²) < 4.78 is 46.0. The molecule has 1 amide bonds. The van der Waals surface area contributed by atoms with Gasteiger partial charge in [-0.25, -0.2) is 19.9 Å². The van der Waals surface area contributed by atoms with Crippen molar-refractivity contribution in [1.82, 2.24) is 34.0 Å². The van der Waals surface area contributed by atoms with Crippen molar-refractivity contribution in [2.24, 2.45) is 0 Å². The molecular weight excluding hydrogens is 681 g/mol. The van der Waals surface area contributed by atoms with Gasteiger partial charge in [0.15, 0.2) is 0 Å². The maximum atomic E-state index is 14.2. The normalized spacial score (nSPS) is 11.7. The Morgan fingerprint density at radius 3 is 2.45 bits per heavy atom. The molecule has 0 unspecified atom stereocenters. The van der Waals surface area contributed by atoms with Crippen LogP contribution in [-0.4, -0.2) is 73.1 Å². The van der Waals surface area contributed by atoms with E-state index in [1.54, 1.807) is 19.1 Å². The fourth-order valence-electron chi connectivity index (χ4n) is 6.25. The summed E-state index contributed by atoms with van der Waals surface area (Å²) in [5.41, 5.74) is 2.43. The van der Waals surface area contributed by atoms with Gasteiger partial charge in [-0.15, -0.1) is 0 Å². The summed E-state index contributed by atoms with van der Waals surface area (Å²) in [6.45, 7) is 11.8. The van der Waals surface area contributed by atoms with E-state index in [2.05, 4.69) is 44.3 Å². The van der Waals surface area contributed by atoms with Crippen LogP contribution in [0.3, 0.4) is 0 Å². The molecule has 276 valence electrons. The van der Waals surface area contributed by atoms with Gasteiger partial charge in [-0.1, -0.05) is 32.0 Å². The third-order valence-electron chi connectivity index (χ3n) is 9.34. The van der Waals surface area contributed by atoms with E-state index in [-0.39, 0.29) is 11.3 Å². The Balaban J connectivity index is 1.26. The Labute approximate surface area is 306 Å². The van der Waals surface area contributed by atoms with Crippen molar-refractivity contribution >= 4 is 40.1 Å². The summed E-state index contributed by atoms with van der Waals surface area (Å²) in [7, 11) is 1.53. The molecule has 2 N–H and O–H groups in total. The first-order chi connectivity index (χ1) is 25.5. The van der Waals surface area contributed by atoms with E-state index in [9.17, 15) is 18.0 Å². The van der Waals surface area contributed by atoms with Crippen molar-refractivity contribution in [3.8, 4) is 11.5 Å². The van der Waals surface area contributed by atoms with Crippen LogP contribution in [0.5, 0.6) is 0 Å². The molecule has 0 spiro atoms. The van der Waals surface area contributed by atoms with Crippen LogP contribution in [0.4, 0.5) is 36.3 Å². The van der Waals surface area contributed by atoms with Crippen LogP contribution in [0, 0.1) is 13.8 Å². The SMILES string of the molecule is CCN(CC)CCCCNc1cc(-n2c(Nc3cc(N(C)C(=O)c4ccc(-n5ccnc5C)c(C(F)(F)F)c4)ccc3C)nc3ccccc32)ncn1. The van der Waals surface area contributed by atoms with E-state index >= 15 is 0 Å². The van der Waals surface area contributed by atoms with Gasteiger partial charge in [0.05, 0.1) is 22.3 Å². The first-order valence-electron chi connectivity index (χ1n) is 17.6. The van der Waals surface area contributed by atoms with Crippen molar-refractivity contribution in [3.05, 3.63) is 108 Å². The summed E-state index contributed by atoms with van der Waals surface area (Å²) in [4.78, 5) is 35.4. The number of carbonyl (C=O) groups excluding carboxylic acids is 1. The number of nitrogens with zero attached hydrogens (tertiary/aromatic N) is 8. The van der Waals surface area contributed by atoms with Crippen molar-refractivity contribution in [1.29, 1.82) is 0 Å². The van der Waals surface area contributed by atoms with E-state index < -0.39 is 17.6 Å². The number of amides is 1. The molecule has 0 atom stereocenters. The molecule has 0 fully saturated rings. The van der Waals surface area contributed by atoms with Gasteiger partial charge < -0.3 is 25.0 Å². The Hall–Kier alpha value is -5.76. The first-order valence-corrected chi connectivity index (χ1v) is 17.6. The minimum Gasteiger partial charge on any atom is -0.370 e.